The van der Waals surface area contributed by atoms with E-state index in [2.05, 4.69) is 46.4 Å². The number of rotatable bonds is 5. The minimum atomic E-state index is 0.0322. The Morgan fingerprint density at radius 2 is 2.00 bits per heavy atom. The minimum absolute atomic E-state index is 0.0322. The van der Waals surface area contributed by atoms with E-state index in [-0.39, 0.29) is 18.0 Å². The van der Waals surface area contributed by atoms with Crippen LogP contribution in [-0.4, -0.2) is 19.0 Å². The van der Waals surface area contributed by atoms with E-state index in [4.69, 9.17) is 0 Å². The van der Waals surface area contributed by atoms with Crippen molar-refractivity contribution in [1.29, 1.82) is 0 Å². The van der Waals surface area contributed by atoms with Gasteiger partial charge in [0.15, 0.2) is 6.54 Å². The topological polar surface area (TPSA) is 33.5 Å². The van der Waals surface area contributed by atoms with Crippen LogP contribution >= 0.6 is 22.7 Å². The van der Waals surface area contributed by atoms with Gasteiger partial charge in [0, 0.05) is 16.9 Å². The first-order valence-electron chi connectivity index (χ1n) is 9.01. The smallest absolute Gasteiger partial charge is 0.275 e. The summed E-state index contributed by atoms with van der Waals surface area (Å²) < 4.78 is 0. The van der Waals surface area contributed by atoms with Crippen molar-refractivity contribution >= 4 is 28.6 Å². The molecule has 0 spiro atoms. The first kappa shape index (κ1) is 17.5. The Kier molecular flexibility index (Phi) is 5.20. The van der Waals surface area contributed by atoms with Gasteiger partial charge in [-0.15, -0.1) is 22.7 Å². The molecule has 1 aliphatic rings. The van der Waals surface area contributed by atoms with Crippen molar-refractivity contribution in [3.05, 3.63) is 80.2 Å². The van der Waals surface area contributed by atoms with E-state index >= 15 is 0 Å². The number of benzene rings is 1. The van der Waals surface area contributed by atoms with E-state index in [1.54, 1.807) is 11.3 Å². The molecule has 2 aromatic heterocycles. The van der Waals surface area contributed by atoms with Gasteiger partial charge in [0.1, 0.15) is 6.04 Å². The summed E-state index contributed by atoms with van der Waals surface area (Å²) in [5.74, 6) is 0.122. The number of quaternary nitrogens is 1. The molecule has 3 atom stereocenters. The highest BCUT2D eigenvalue weighted by Crippen LogP contribution is 2.31. The van der Waals surface area contributed by atoms with E-state index in [1.165, 1.54) is 20.2 Å². The molecule has 1 amide bonds. The van der Waals surface area contributed by atoms with Crippen LogP contribution in [0.4, 0.5) is 0 Å². The first-order chi connectivity index (χ1) is 12.7. The fourth-order valence-electron chi connectivity index (χ4n) is 3.77. The van der Waals surface area contributed by atoms with Gasteiger partial charge in [-0.3, -0.25) is 4.79 Å². The van der Waals surface area contributed by atoms with Gasteiger partial charge in [0.25, 0.3) is 5.91 Å². The zero-order valence-electron chi connectivity index (χ0n) is 14.8. The molecule has 0 saturated carbocycles. The maximum Gasteiger partial charge on any atom is 0.275 e. The summed E-state index contributed by atoms with van der Waals surface area (Å²) in [6.45, 7) is 3.56. The number of hydrogen-bond donors (Lipinski definition) is 2. The second-order valence-electron chi connectivity index (χ2n) is 6.78. The van der Waals surface area contributed by atoms with Crippen molar-refractivity contribution in [2.75, 3.05) is 13.1 Å². The largest absolute Gasteiger partial charge is 0.345 e. The highest BCUT2D eigenvalue weighted by molar-refractivity contribution is 7.10. The number of fused-ring (bicyclic) bond motifs is 1. The van der Waals surface area contributed by atoms with E-state index in [1.807, 2.05) is 36.5 Å². The monoisotopic (exact) mass is 383 g/mol. The van der Waals surface area contributed by atoms with Gasteiger partial charge in [0.05, 0.1) is 17.5 Å². The zero-order chi connectivity index (χ0) is 17.9. The van der Waals surface area contributed by atoms with E-state index in [9.17, 15) is 4.79 Å². The number of thiophene rings is 2. The average molecular weight is 384 g/mol. The van der Waals surface area contributed by atoms with Gasteiger partial charge in [-0.1, -0.05) is 36.4 Å². The van der Waals surface area contributed by atoms with Crippen LogP contribution in [0.3, 0.4) is 0 Å². The van der Waals surface area contributed by atoms with Crippen molar-refractivity contribution in [1.82, 2.24) is 5.32 Å². The lowest BCUT2D eigenvalue weighted by Crippen LogP contribution is -3.14. The molecule has 4 rings (SSSR count). The molecule has 1 aliphatic heterocycles. The van der Waals surface area contributed by atoms with E-state index in [0.29, 0.717) is 6.54 Å². The van der Waals surface area contributed by atoms with Gasteiger partial charge in [-0.2, -0.15) is 0 Å². The van der Waals surface area contributed by atoms with Crippen LogP contribution < -0.4 is 10.2 Å². The van der Waals surface area contributed by atoms with Crippen LogP contribution in [0.1, 0.15) is 39.9 Å². The zero-order valence-corrected chi connectivity index (χ0v) is 16.4. The summed E-state index contributed by atoms with van der Waals surface area (Å²) in [6.07, 6.45) is 1.06. The van der Waals surface area contributed by atoms with Crippen molar-refractivity contribution in [2.24, 2.45) is 0 Å². The third-order valence-electron chi connectivity index (χ3n) is 5.06. The molecular formula is C21H23N2OS2+. The molecule has 3 nitrogen and oxygen atoms in total. The lowest BCUT2D eigenvalue weighted by molar-refractivity contribution is -0.919. The Hall–Kier alpha value is -1.95. The molecule has 0 radical (unpaired) electrons. The third-order valence-corrected chi connectivity index (χ3v) is 7.00. The maximum atomic E-state index is 12.7. The number of carbonyl (C=O) groups is 1. The number of nitrogens with one attached hydrogen (secondary N) is 2. The third kappa shape index (κ3) is 3.61. The fraction of sp³-hybridized carbons (Fsp3) is 0.286. The molecule has 26 heavy (non-hydrogen) atoms. The molecule has 5 heteroatoms. The summed E-state index contributed by atoms with van der Waals surface area (Å²) in [5.41, 5.74) is 2.55. The van der Waals surface area contributed by atoms with Crippen LogP contribution in [0.5, 0.6) is 0 Å². The van der Waals surface area contributed by atoms with Crippen LogP contribution in [0.25, 0.3) is 0 Å². The second kappa shape index (κ2) is 7.74. The van der Waals surface area contributed by atoms with Gasteiger partial charge >= 0.3 is 0 Å². The SMILES string of the molecule is C[C@H](NC(=O)C[NH+]1CCc2sccc2[C@@H]1c1cccs1)c1ccccc1. The van der Waals surface area contributed by atoms with Crippen LogP contribution in [-0.2, 0) is 11.2 Å². The number of carbonyl (C=O) groups excluding carboxylic acids is 1. The van der Waals surface area contributed by atoms with Crippen LogP contribution in [0, 0.1) is 0 Å². The molecular weight excluding hydrogens is 360 g/mol. The Bertz CT molecular complexity index is 857. The summed E-state index contributed by atoms with van der Waals surface area (Å²) in [5, 5.41) is 7.49. The molecule has 0 saturated heterocycles. The molecule has 0 fully saturated rings. The predicted molar refractivity (Wildman–Crippen MR) is 108 cm³/mol. The molecule has 134 valence electrons. The second-order valence-corrected chi connectivity index (χ2v) is 8.76. The highest BCUT2D eigenvalue weighted by atomic mass is 32.1. The van der Waals surface area contributed by atoms with Crippen LogP contribution in [0.15, 0.2) is 59.3 Å². The normalized spacial score (nSPS) is 20.3. The minimum Gasteiger partial charge on any atom is -0.345 e. The maximum absolute atomic E-state index is 12.7. The summed E-state index contributed by atoms with van der Waals surface area (Å²) in [4.78, 5) is 16.9. The standard InChI is InChI=1S/C21H22N2OS2/c1-15(16-6-3-2-4-7-16)22-20(24)14-23-11-9-18-17(10-13-26-18)21(23)19-8-5-12-25-19/h2-8,10,12-13,15,21H,9,11,14H2,1H3,(H,22,24)/p+1/t15-,21+/m0/s1. The van der Waals surface area contributed by atoms with Crippen LogP contribution in [0.2, 0.25) is 0 Å². The Morgan fingerprint density at radius 1 is 1.15 bits per heavy atom. The van der Waals surface area contributed by atoms with Crippen molar-refractivity contribution in [3.8, 4) is 0 Å². The first-order valence-corrected chi connectivity index (χ1v) is 10.8. The lowest BCUT2D eigenvalue weighted by Gasteiger charge is -2.32. The highest BCUT2D eigenvalue weighted by Gasteiger charge is 2.35. The Morgan fingerprint density at radius 3 is 2.77 bits per heavy atom. The van der Waals surface area contributed by atoms with Crippen molar-refractivity contribution in [2.45, 2.75) is 25.4 Å². The molecule has 1 unspecified atom stereocenters. The predicted octanol–water partition coefficient (Wildman–Crippen LogP) is 3.22. The molecule has 0 aliphatic carbocycles. The average Bonchev–Trinajstić information content (AvgIpc) is 3.34. The van der Waals surface area contributed by atoms with E-state index < -0.39 is 0 Å². The molecule has 1 aromatic carbocycles. The number of amides is 1. The number of hydrogen-bond acceptors (Lipinski definition) is 3. The molecule has 0 bridgehead atoms. The summed E-state index contributed by atoms with van der Waals surface area (Å²) in [7, 11) is 0. The van der Waals surface area contributed by atoms with Gasteiger partial charge in [-0.25, -0.2) is 0 Å². The van der Waals surface area contributed by atoms with Gasteiger partial charge in [-0.05, 0) is 35.4 Å². The van der Waals surface area contributed by atoms with E-state index in [0.717, 1.165) is 18.5 Å². The van der Waals surface area contributed by atoms with Gasteiger partial charge in [0.2, 0.25) is 0 Å². The fourth-order valence-corrected chi connectivity index (χ4v) is 5.60. The lowest BCUT2D eigenvalue weighted by atomic mass is 9.98. The molecule has 3 heterocycles. The Labute approximate surface area is 162 Å². The molecule has 2 N–H and O–H groups in total. The summed E-state index contributed by atoms with van der Waals surface area (Å²) >= 11 is 3.64. The van der Waals surface area contributed by atoms with Gasteiger partial charge < -0.3 is 10.2 Å². The quantitative estimate of drug-likeness (QED) is 0.697. The summed E-state index contributed by atoms with van der Waals surface area (Å²) in [6, 6.07) is 17.0. The Balaban J connectivity index is 1.49. The van der Waals surface area contributed by atoms with Crippen molar-refractivity contribution < 1.29 is 9.69 Å². The van der Waals surface area contributed by atoms with Crippen molar-refractivity contribution in [3.63, 3.8) is 0 Å². The molecule has 3 aromatic rings.